The van der Waals surface area contributed by atoms with Crippen LogP contribution in [0.5, 0.6) is 0 Å². The first-order chi connectivity index (χ1) is 8.38. The first-order valence-electron chi connectivity index (χ1n) is 6.14. The highest BCUT2D eigenvalue weighted by Gasteiger charge is 2.17. The lowest BCUT2D eigenvalue weighted by Crippen LogP contribution is -2.45. The van der Waals surface area contributed by atoms with E-state index >= 15 is 0 Å². The molecule has 0 spiro atoms. The van der Waals surface area contributed by atoms with E-state index in [0.29, 0.717) is 6.54 Å². The lowest BCUT2D eigenvalue weighted by Gasteiger charge is -2.31. The summed E-state index contributed by atoms with van der Waals surface area (Å²) in [6.07, 6.45) is 4.56. The number of ether oxygens (including phenoxy) is 1. The maximum atomic E-state index is 5.62. The summed E-state index contributed by atoms with van der Waals surface area (Å²) >= 11 is 0. The lowest BCUT2D eigenvalue weighted by molar-refractivity contribution is -0.0190. The molecule has 1 aromatic rings. The Balaban J connectivity index is 0.00000162. The van der Waals surface area contributed by atoms with Gasteiger partial charge in [-0.05, 0) is 5.56 Å². The third-order valence-electron chi connectivity index (χ3n) is 2.96. The number of nitrogens with zero attached hydrogens (tertiary/aromatic N) is 1. The average molecular weight is 269 g/mol. The molecule has 1 heterocycles. The van der Waals surface area contributed by atoms with Crippen LogP contribution in [0.25, 0.3) is 6.08 Å². The van der Waals surface area contributed by atoms with Gasteiger partial charge in [-0.3, -0.25) is 4.90 Å². The zero-order valence-electron chi connectivity index (χ0n) is 10.5. The van der Waals surface area contributed by atoms with Crippen LogP contribution in [-0.4, -0.2) is 43.8 Å². The van der Waals surface area contributed by atoms with E-state index in [1.807, 2.05) is 6.07 Å². The molecule has 100 valence electrons. The Morgan fingerprint density at radius 2 is 2.11 bits per heavy atom. The molecule has 0 saturated carbocycles. The van der Waals surface area contributed by atoms with E-state index in [1.165, 1.54) is 5.56 Å². The van der Waals surface area contributed by atoms with Gasteiger partial charge < -0.3 is 10.5 Å². The summed E-state index contributed by atoms with van der Waals surface area (Å²) in [5, 5.41) is 0. The largest absolute Gasteiger partial charge is 0.374 e. The second-order valence-electron chi connectivity index (χ2n) is 4.30. The summed E-state index contributed by atoms with van der Waals surface area (Å²) in [6, 6.07) is 10.4. The van der Waals surface area contributed by atoms with Crippen LogP contribution >= 0.6 is 12.4 Å². The topological polar surface area (TPSA) is 38.5 Å². The van der Waals surface area contributed by atoms with Crippen LogP contribution < -0.4 is 5.73 Å². The summed E-state index contributed by atoms with van der Waals surface area (Å²) in [4.78, 5) is 2.38. The highest BCUT2D eigenvalue weighted by molar-refractivity contribution is 5.85. The normalized spacial score (nSPS) is 20.8. The van der Waals surface area contributed by atoms with E-state index in [4.69, 9.17) is 10.5 Å². The Bertz CT molecular complexity index is 356. The van der Waals surface area contributed by atoms with Gasteiger partial charge in [-0.1, -0.05) is 42.5 Å². The smallest absolute Gasteiger partial charge is 0.0824 e. The third-order valence-corrected chi connectivity index (χ3v) is 2.96. The predicted molar refractivity (Wildman–Crippen MR) is 78.0 cm³/mol. The first-order valence-corrected chi connectivity index (χ1v) is 6.14. The van der Waals surface area contributed by atoms with E-state index in [-0.39, 0.29) is 18.5 Å². The van der Waals surface area contributed by atoms with Crippen LogP contribution in [0, 0.1) is 0 Å². The first kappa shape index (κ1) is 15.2. The van der Waals surface area contributed by atoms with E-state index in [1.54, 1.807) is 0 Å². The molecule has 0 amide bonds. The summed E-state index contributed by atoms with van der Waals surface area (Å²) in [6.45, 7) is 4.31. The highest BCUT2D eigenvalue weighted by Crippen LogP contribution is 2.05. The zero-order valence-corrected chi connectivity index (χ0v) is 11.3. The van der Waals surface area contributed by atoms with E-state index in [0.717, 1.165) is 26.2 Å². The van der Waals surface area contributed by atoms with E-state index in [2.05, 4.69) is 41.3 Å². The SMILES string of the molecule is Cl.NCC1CN(C/C=C/c2ccccc2)CCO1. The number of hydrogen-bond donors (Lipinski definition) is 1. The predicted octanol–water partition coefficient (Wildman–Crippen LogP) is 1.78. The van der Waals surface area contributed by atoms with Gasteiger partial charge in [-0.25, -0.2) is 0 Å². The second kappa shape index (κ2) is 8.27. The Hall–Kier alpha value is -0.870. The van der Waals surface area contributed by atoms with Crippen molar-refractivity contribution >= 4 is 18.5 Å². The number of halogens is 1. The van der Waals surface area contributed by atoms with Gasteiger partial charge in [-0.15, -0.1) is 12.4 Å². The molecule has 0 bridgehead atoms. The molecule has 1 saturated heterocycles. The van der Waals surface area contributed by atoms with Gasteiger partial charge in [-0.2, -0.15) is 0 Å². The fraction of sp³-hybridized carbons (Fsp3) is 0.429. The Kier molecular flexibility index (Phi) is 6.98. The fourth-order valence-corrected chi connectivity index (χ4v) is 1.99. The second-order valence-corrected chi connectivity index (χ2v) is 4.30. The van der Waals surface area contributed by atoms with Crippen molar-refractivity contribution < 1.29 is 4.74 Å². The molecule has 3 nitrogen and oxygen atoms in total. The number of benzene rings is 1. The van der Waals surface area contributed by atoms with Crippen molar-refractivity contribution in [2.24, 2.45) is 5.73 Å². The molecule has 1 fully saturated rings. The van der Waals surface area contributed by atoms with Crippen molar-refractivity contribution in [3.63, 3.8) is 0 Å². The van der Waals surface area contributed by atoms with Crippen LogP contribution in [0.2, 0.25) is 0 Å². The number of hydrogen-bond acceptors (Lipinski definition) is 3. The van der Waals surface area contributed by atoms with Crippen molar-refractivity contribution in [3.8, 4) is 0 Å². The minimum atomic E-state index is 0. The molecule has 1 aliphatic heterocycles. The molecule has 2 rings (SSSR count). The highest BCUT2D eigenvalue weighted by atomic mass is 35.5. The van der Waals surface area contributed by atoms with Gasteiger partial charge >= 0.3 is 0 Å². The molecule has 2 N–H and O–H groups in total. The molecule has 1 aromatic carbocycles. The molecule has 4 heteroatoms. The zero-order chi connectivity index (χ0) is 11.9. The molecular formula is C14H21ClN2O. The molecular weight excluding hydrogens is 248 g/mol. The average Bonchev–Trinajstić information content (AvgIpc) is 2.40. The molecule has 0 aliphatic carbocycles. The van der Waals surface area contributed by atoms with Gasteiger partial charge in [0.1, 0.15) is 0 Å². The molecule has 1 unspecified atom stereocenters. The number of rotatable bonds is 4. The monoisotopic (exact) mass is 268 g/mol. The van der Waals surface area contributed by atoms with Crippen molar-refractivity contribution in [2.45, 2.75) is 6.10 Å². The molecule has 1 aliphatic rings. The Morgan fingerprint density at radius 1 is 1.33 bits per heavy atom. The molecule has 18 heavy (non-hydrogen) atoms. The summed E-state index contributed by atoms with van der Waals surface area (Å²) in [5.74, 6) is 0. The maximum Gasteiger partial charge on any atom is 0.0824 e. The molecule has 0 aromatic heterocycles. The van der Waals surface area contributed by atoms with Gasteiger partial charge in [0, 0.05) is 26.2 Å². The molecule has 1 atom stereocenters. The van der Waals surface area contributed by atoms with Crippen LogP contribution in [0.15, 0.2) is 36.4 Å². The Morgan fingerprint density at radius 3 is 2.83 bits per heavy atom. The summed E-state index contributed by atoms with van der Waals surface area (Å²) < 4.78 is 5.53. The van der Waals surface area contributed by atoms with Crippen LogP contribution in [0.3, 0.4) is 0 Å². The maximum absolute atomic E-state index is 5.62. The van der Waals surface area contributed by atoms with Gasteiger partial charge in [0.05, 0.1) is 12.7 Å². The Labute approximate surface area is 115 Å². The van der Waals surface area contributed by atoms with Crippen LogP contribution in [0.4, 0.5) is 0 Å². The van der Waals surface area contributed by atoms with Gasteiger partial charge in [0.25, 0.3) is 0 Å². The lowest BCUT2D eigenvalue weighted by atomic mass is 10.2. The number of nitrogens with two attached hydrogens (primary N) is 1. The van der Waals surface area contributed by atoms with E-state index < -0.39 is 0 Å². The van der Waals surface area contributed by atoms with E-state index in [9.17, 15) is 0 Å². The summed E-state index contributed by atoms with van der Waals surface area (Å²) in [7, 11) is 0. The fourth-order valence-electron chi connectivity index (χ4n) is 1.99. The van der Waals surface area contributed by atoms with Crippen molar-refractivity contribution in [2.75, 3.05) is 32.8 Å². The van der Waals surface area contributed by atoms with Gasteiger partial charge in [0.2, 0.25) is 0 Å². The quantitative estimate of drug-likeness (QED) is 0.905. The summed E-state index contributed by atoms with van der Waals surface area (Å²) in [5.41, 5.74) is 6.86. The van der Waals surface area contributed by atoms with Crippen molar-refractivity contribution in [3.05, 3.63) is 42.0 Å². The van der Waals surface area contributed by atoms with Crippen LogP contribution in [-0.2, 0) is 4.74 Å². The number of morpholine rings is 1. The minimum absolute atomic E-state index is 0. The standard InChI is InChI=1S/C14H20N2O.ClH/c15-11-14-12-16(9-10-17-14)8-4-7-13-5-2-1-3-6-13;/h1-7,14H,8-12,15H2;1H/b7-4+;. The third kappa shape index (κ3) is 4.78. The van der Waals surface area contributed by atoms with Crippen molar-refractivity contribution in [1.29, 1.82) is 0 Å². The van der Waals surface area contributed by atoms with Gasteiger partial charge in [0.15, 0.2) is 0 Å². The van der Waals surface area contributed by atoms with Crippen molar-refractivity contribution in [1.82, 2.24) is 4.90 Å². The molecule has 0 radical (unpaired) electrons. The van der Waals surface area contributed by atoms with Crippen LogP contribution in [0.1, 0.15) is 5.56 Å². The minimum Gasteiger partial charge on any atom is -0.374 e.